The highest BCUT2D eigenvalue weighted by Gasteiger charge is 2.32. The molecule has 0 unspecified atom stereocenters. The summed E-state index contributed by atoms with van der Waals surface area (Å²) >= 11 is 4.25. The maximum Gasteiger partial charge on any atom is 0.244 e. The molecule has 0 bridgehead atoms. The molecule has 2 heterocycles. The first-order valence-corrected chi connectivity index (χ1v) is 18.8. The molecule has 0 radical (unpaired) electrons. The number of hydrogen-bond acceptors (Lipinski definition) is 10. The van der Waals surface area contributed by atoms with Crippen LogP contribution in [0.15, 0.2) is 73.3 Å². The largest absolute Gasteiger partial charge is 0.361 e. The third-order valence-electron chi connectivity index (χ3n) is 8.95. The lowest BCUT2D eigenvalue weighted by molar-refractivity contribution is -0.134. The summed E-state index contributed by atoms with van der Waals surface area (Å²) in [7, 11) is 0. The first kappa shape index (κ1) is 42.2. The molecule has 11 N–H and O–H groups in total. The number of para-hydroxylation sites is 1. The highest BCUT2D eigenvalue weighted by Crippen LogP contribution is 2.19. The lowest BCUT2D eigenvalue weighted by Gasteiger charge is -2.27. The van der Waals surface area contributed by atoms with Crippen LogP contribution in [0.3, 0.4) is 0 Å². The number of nitrogens with one attached hydrogen (secondary N) is 7. The minimum absolute atomic E-state index is 0.0532. The normalized spacial score (nSPS) is 14.4. The van der Waals surface area contributed by atoms with Crippen molar-refractivity contribution >= 4 is 59.4 Å². The Morgan fingerprint density at radius 2 is 1.38 bits per heavy atom. The van der Waals surface area contributed by atoms with Gasteiger partial charge in [0, 0.05) is 54.0 Å². The van der Waals surface area contributed by atoms with Crippen molar-refractivity contribution in [3.05, 3.63) is 90.1 Å². The van der Waals surface area contributed by atoms with Crippen molar-refractivity contribution in [2.45, 2.75) is 81.7 Å². The average molecular weight is 775 g/mol. The summed E-state index contributed by atoms with van der Waals surface area (Å²) in [4.78, 5) is 89.4. The van der Waals surface area contributed by atoms with Crippen LogP contribution in [0.1, 0.15) is 43.0 Å². The molecule has 4 aromatic rings. The number of carbonyl (C=O) groups is 6. The van der Waals surface area contributed by atoms with E-state index in [1.807, 2.05) is 30.3 Å². The number of rotatable bonds is 22. The molecule has 0 aliphatic carbocycles. The Bertz CT molecular complexity index is 1870. The number of carbonyl (C=O) groups excluding carboxylic acids is 6. The van der Waals surface area contributed by atoms with E-state index in [-0.39, 0.29) is 31.4 Å². The van der Waals surface area contributed by atoms with Crippen LogP contribution in [0.25, 0.3) is 10.9 Å². The monoisotopic (exact) mass is 774 g/mol. The van der Waals surface area contributed by atoms with Crippen molar-refractivity contribution in [2.75, 3.05) is 12.3 Å². The molecule has 0 aliphatic rings. The Morgan fingerprint density at radius 3 is 2.05 bits per heavy atom. The summed E-state index contributed by atoms with van der Waals surface area (Å²) in [6.45, 7) is 1.87. The maximum absolute atomic E-state index is 14.1. The Morgan fingerprint density at radius 1 is 0.764 bits per heavy atom. The molecule has 5 amide bonds. The molecule has 0 spiro atoms. The molecule has 6 atom stereocenters. The number of amides is 5. The summed E-state index contributed by atoms with van der Waals surface area (Å²) in [5.41, 5.74) is 14.7. The number of hydrogen-bond donors (Lipinski definition) is 10. The lowest BCUT2D eigenvalue weighted by atomic mass is 10.0. The highest BCUT2D eigenvalue weighted by molar-refractivity contribution is 7.80. The summed E-state index contributed by atoms with van der Waals surface area (Å²) in [6, 6.07) is 10.1. The number of nitrogens with zero attached hydrogens (tertiary/aromatic N) is 1. The standard InChI is InChI=1S/C38H50N10O6S/c1-23(20-49)44-36(52)32(16-25-18-42-29-12-6-5-11-27(25)29)47-37(53)31(15-24-9-3-2-4-10-24)46-35(51)30(13-7-8-14-39)45-38(54)33(21-55)48-34(50)28(40)17-26-19-41-22-43-26/h2-6,9-12,18-20,22-23,28,30-33,42,55H,7-8,13-17,21,39-40H2,1H3,(H,41,43)(H,44,52)(H,45,54)(H,46,51)(H,47,53)(H,48,50)/t23-,28-,30-,31-,32-,33-/m0/s1. The van der Waals surface area contributed by atoms with Crippen LogP contribution in [0.5, 0.6) is 0 Å². The van der Waals surface area contributed by atoms with Gasteiger partial charge in [-0.2, -0.15) is 12.6 Å². The van der Waals surface area contributed by atoms with Crippen LogP contribution in [0, 0.1) is 0 Å². The quantitative estimate of drug-likeness (QED) is 0.0291. The minimum atomic E-state index is -1.19. The molecule has 17 heteroatoms. The van der Waals surface area contributed by atoms with Crippen molar-refractivity contribution in [1.29, 1.82) is 0 Å². The molecule has 16 nitrogen and oxygen atoms in total. The van der Waals surface area contributed by atoms with Gasteiger partial charge in [-0.05, 0) is 49.9 Å². The third-order valence-corrected chi connectivity index (χ3v) is 9.31. The van der Waals surface area contributed by atoms with Gasteiger partial charge in [-0.1, -0.05) is 48.5 Å². The molecule has 0 saturated heterocycles. The molecule has 2 aromatic heterocycles. The second-order valence-corrected chi connectivity index (χ2v) is 13.7. The Balaban J connectivity index is 1.54. The van der Waals surface area contributed by atoms with Crippen LogP contribution in [0.4, 0.5) is 0 Å². The Hall–Kier alpha value is -5.52. The van der Waals surface area contributed by atoms with Crippen LogP contribution >= 0.6 is 12.6 Å². The van der Waals surface area contributed by atoms with E-state index in [9.17, 15) is 28.8 Å². The van der Waals surface area contributed by atoms with Crippen LogP contribution in [0.2, 0.25) is 0 Å². The van der Waals surface area contributed by atoms with E-state index in [4.69, 9.17) is 11.5 Å². The van der Waals surface area contributed by atoms with Crippen molar-refractivity contribution in [3.63, 3.8) is 0 Å². The fourth-order valence-corrected chi connectivity index (χ4v) is 6.18. The van der Waals surface area contributed by atoms with Crippen LogP contribution in [-0.2, 0) is 48.0 Å². The number of unbranched alkanes of at least 4 members (excludes halogenated alkanes) is 1. The fourth-order valence-electron chi connectivity index (χ4n) is 5.93. The van der Waals surface area contributed by atoms with Gasteiger partial charge in [0.1, 0.15) is 30.5 Å². The van der Waals surface area contributed by atoms with Gasteiger partial charge in [0.2, 0.25) is 29.5 Å². The number of nitrogens with two attached hydrogens (primary N) is 2. The second-order valence-electron chi connectivity index (χ2n) is 13.3. The number of thiol groups is 1. The first-order chi connectivity index (χ1) is 26.5. The third kappa shape index (κ3) is 12.8. The van der Waals surface area contributed by atoms with Gasteiger partial charge in [0.25, 0.3) is 0 Å². The predicted molar refractivity (Wildman–Crippen MR) is 211 cm³/mol. The maximum atomic E-state index is 14.1. The second kappa shape index (κ2) is 21.4. The van der Waals surface area contributed by atoms with Crippen LogP contribution < -0.4 is 38.1 Å². The van der Waals surface area contributed by atoms with E-state index in [2.05, 4.69) is 54.2 Å². The van der Waals surface area contributed by atoms with Gasteiger partial charge in [-0.25, -0.2) is 4.98 Å². The summed E-state index contributed by atoms with van der Waals surface area (Å²) in [6.07, 6.45) is 6.84. The van der Waals surface area contributed by atoms with Gasteiger partial charge < -0.3 is 52.8 Å². The molecule has 2 aromatic carbocycles. The first-order valence-electron chi connectivity index (χ1n) is 18.1. The van der Waals surface area contributed by atoms with Crippen molar-refractivity contribution in [3.8, 4) is 0 Å². The van der Waals surface area contributed by atoms with E-state index in [0.717, 1.165) is 22.0 Å². The zero-order valence-corrected chi connectivity index (χ0v) is 31.5. The average Bonchev–Trinajstić information content (AvgIpc) is 3.86. The fraction of sp³-hybridized carbons (Fsp3) is 0.395. The van der Waals surface area contributed by atoms with Crippen molar-refractivity contribution in [1.82, 2.24) is 41.5 Å². The van der Waals surface area contributed by atoms with E-state index in [0.29, 0.717) is 31.4 Å². The van der Waals surface area contributed by atoms with Gasteiger partial charge in [-0.3, -0.25) is 24.0 Å². The Kier molecular flexibility index (Phi) is 16.4. The van der Waals surface area contributed by atoms with E-state index >= 15 is 0 Å². The van der Waals surface area contributed by atoms with Gasteiger partial charge in [0.15, 0.2) is 0 Å². The van der Waals surface area contributed by atoms with E-state index in [1.54, 1.807) is 36.7 Å². The highest BCUT2D eigenvalue weighted by atomic mass is 32.1. The smallest absolute Gasteiger partial charge is 0.244 e. The van der Waals surface area contributed by atoms with E-state index in [1.165, 1.54) is 13.3 Å². The molecular formula is C38H50N10O6S. The molecule has 55 heavy (non-hydrogen) atoms. The van der Waals surface area contributed by atoms with E-state index < -0.39 is 65.8 Å². The topological polar surface area (TPSA) is 259 Å². The molecule has 0 aliphatic heterocycles. The predicted octanol–water partition coefficient (Wildman–Crippen LogP) is -0.0522. The molecule has 4 rings (SSSR count). The number of aldehydes is 1. The van der Waals surface area contributed by atoms with Crippen molar-refractivity contribution < 1.29 is 28.8 Å². The van der Waals surface area contributed by atoms with Crippen LogP contribution in [-0.4, -0.2) is 99.3 Å². The number of fused-ring (bicyclic) bond motifs is 1. The molecular weight excluding hydrogens is 725 g/mol. The summed E-state index contributed by atoms with van der Waals surface area (Å²) in [5.74, 6) is -3.26. The number of imidazole rings is 1. The zero-order chi connectivity index (χ0) is 39.7. The number of aromatic amines is 2. The van der Waals surface area contributed by atoms with Gasteiger partial charge in [0.05, 0.1) is 18.4 Å². The zero-order valence-electron chi connectivity index (χ0n) is 30.6. The van der Waals surface area contributed by atoms with Gasteiger partial charge in [-0.15, -0.1) is 0 Å². The summed E-state index contributed by atoms with van der Waals surface area (Å²) in [5, 5.41) is 14.4. The lowest BCUT2D eigenvalue weighted by Crippen LogP contribution is -2.60. The number of H-pyrrole nitrogens is 2. The number of benzene rings is 2. The molecule has 294 valence electrons. The minimum Gasteiger partial charge on any atom is -0.361 e. The molecule has 0 fully saturated rings. The van der Waals surface area contributed by atoms with Gasteiger partial charge >= 0.3 is 0 Å². The summed E-state index contributed by atoms with van der Waals surface area (Å²) < 4.78 is 0. The van der Waals surface area contributed by atoms with Crippen molar-refractivity contribution in [2.24, 2.45) is 11.5 Å². The molecule has 0 saturated carbocycles. The Labute approximate surface area is 324 Å². The SMILES string of the molecule is C[C@@H](C=O)NC(=O)[C@H](Cc1c[nH]c2ccccc12)NC(=O)[C@H](Cc1ccccc1)NC(=O)[C@H](CCCCN)NC(=O)[C@H](CS)NC(=O)[C@@H](N)Cc1cnc[nH]1. The number of aromatic nitrogens is 3.